The largest absolute Gasteiger partial charge is 0.425 e. The number of benzene rings is 2. The first-order chi connectivity index (χ1) is 15.7. The molecule has 3 rings (SSSR count). The summed E-state index contributed by atoms with van der Waals surface area (Å²) in [6.07, 6.45) is -4.09. The lowest BCUT2D eigenvalue weighted by Gasteiger charge is -2.13. The SMILES string of the molecule is CNc1nc(Oc2ccc(C(F)(F)F)cc2)n(Cc2ccc(Cl)cc2)c1C(=O)NCCCO. The van der Waals surface area contributed by atoms with Gasteiger partial charge >= 0.3 is 12.2 Å². The quantitative estimate of drug-likeness (QED) is 0.389. The Balaban J connectivity index is 1.98. The fraction of sp³-hybridized carbons (Fsp3) is 0.273. The van der Waals surface area contributed by atoms with Gasteiger partial charge in [0.15, 0.2) is 11.5 Å². The number of halogens is 4. The Morgan fingerprint density at radius 2 is 1.82 bits per heavy atom. The monoisotopic (exact) mass is 482 g/mol. The van der Waals surface area contributed by atoms with Crippen LogP contribution in [0.2, 0.25) is 5.02 Å². The van der Waals surface area contributed by atoms with E-state index in [0.29, 0.717) is 11.4 Å². The van der Waals surface area contributed by atoms with Crippen molar-refractivity contribution in [2.24, 2.45) is 0 Å². The van der Waals surface area contributed by atoms with Crippen LogP contribution < -0.4 is 15.4 Å². The van der Waals surface area contributed by atoms with E-state index in [2.05, 4.69) is 15.6 Å². The van der Waals surface area contributed by atoms with Gasteiger partial charge in [0, 0.05) is 25.2 Å². The number of hydrogen-bond acceptors (Lipinski definition) is 5. The van der Waals surface area contributed by atoms with Crippen LogP contribution in [0.4, 0.5) is 19.0 Å². The average Bonchev–Trinajstić information content (AvgIpc) is 3.12. The van der Waals surface area contributed by atoms with Crippen molar-refractivity contribution < 1.29 is 27.8 Å². The lowest BCUT2D eigenvalue weighted by atomic mass is 10.2. The van der Waals surface area contributed by atoms with Crippen molar-refractivity contribution >= 4 is 23.3 Å². The number of aliphatic hydroxyl groups excluding tert-OH is 1. The van der Waals surface area contributed by atoms with Gasteiger partial charge in [0.25, 0.3) is 5.91 Å². The number of anilines is 1. The van der Waals surface area contributed by atoms with Crippen LogP contribution in [-0.2, 0) is 12.7 Å². The number of rotatable bonds is 9. The molecule has 0 saturated heterocycles. The maximum absolute atomic E-state index is 12.9. The third-order valence-corrected chi connectivity index (χ3v) is 4.90. The molecule has 3 N–H and O–H groups in total. The highest BCUT2D eigenvalue weighted by Gasteiger charge is 2.30. The summed E-state index contributed by atoms with van der Waals surface area (Å²) in [5.41, 5.74) is 0.160. The van der Waals surface area contributed by atoms with E-state index < -0.39 is 17.6 Å². The predicted molar refractivity (Wildman–Crippen MR) is 118 cm³/mol. The van der Waals surface area contributed by atoms with Crippen LogP contribution in [-0.4, -0.2) is 40.8 Å². The smallest absolute Gasteiger partial charge is 0.416 e. The summed E-state index contributed by atoms with van der Waals surface area (Å²) in [5.74, 6) is -0.0934. The molecule has 0 fully saturated rings. The Labute approximate surface area is 193 Å². The van der Waals surface area contributed by atoms with Crippen LogP contribution in [0.1, 0.15) is 28.0 Å². The molecule has 33 heavy (non-hydrogen) atoms. The number of imidazole rings is 1. The van der Waals surface area contributed by atoms with Gasteiger partial charge in [0.05, 0.1) is 12.1 Å². The molecule has 0 unspecified atom stereocenters. The van der Waals surface area contributed by atoms with E-state index in [1.54, 1.807) is 31.3 Å². The number of amides is 1. The number of carbonyl (C=O) groups is 1. The zero-order valence-corrected chi connectivity index (χ0v) is 18.4. The van der Waals surface area contributed by atoms with Gasteiger partial charge in [-0.25, -0.2) is 0 Å². The Hall–Kier alpha value is -3.24. The third-order valence-electron chi connectivity index (χ3n) is 4.65. The van der Waals surface area contributed by atoms with Gasteiger partial charge < -0.3 is 20.5 Å². The Kier molecular flexibility index (Phi) is 7.83. The van der Waals surface area contributed by atoms with Crippen molar-refractivity contribution in [2.45, 2.75) is 19.1 Å². The molecular weight excluding hydrogens is 461 g/mol. The first-order valence-electron chi connectivity index (χ1n) is 10.00. The molecule has 3 aromatic rings. The van der Waals surface area contributed by atoms with Gasteiger partial charge in [0.2, 0.25) is 0 Å². The summed E-state index contributed by atoms with van der Waals surface area (Å²) >= 11 is 5.96. The Morgan fingerprint density at radius 3 is 2.39 bits per heavy atom. The van der Waals surface area contributed by atoms with E-state index in [-0.39, 0.29) is 43.0 Å². The van der Waals surface area contributed by atoms with Crippen molar-refractivity contribution in [3.05, 3.63) is 70.4 Å². The maximum atomic E-state index is 12.9. The van der Waals surface area contributed by atoms with Crippen LogP contribution in [0, 0.1) is 0 Å². The summed E-state index contributed by atoms with van der Waals surface area (Å²) < 4.78 is 45.9. The second-order valence-corrected chi connectivity index (χ2v) is 7.45. The number of alkyl halides is 3. The van der Waals surface area contributed by atoms with E-state index in [0.717, 1.165) is 17.7 Å². The van der Waals surface area contributed by atoms with Gasteiger partial charge in [-0.05, 0) is 48.4 Å². The lowest BCUT2D eigenvalue weighted by Crippen LogP contribution is -2.28. The van der Waals surface area contributed by atoms with E-state index in [1.165, 1.54) is 16.7 Å². The number of hydrogen-bond donors (Lipinski definition) is 3. The molecule has 1 heterocycles. The highest BCUT2D eigenvalue weighted by atomic mass is 35.5. The zero-order chi connectivity index (χ0) is 24.0. The summed E-state index contributed by atoms with van der Waals surface area (Å²) in [6.45, 7) is 0.357. The van der Waals surface area contributed by atoms with Crippen molar-refractivity contribution in [3.8, 4) is 11.8 Å². The minimum absolute atomic E-state index is 0.0152. The van der Waals surface area contributed by atoms with Crippen molar-refractivity contribution in [2.75, 3.05) is 25.5 Å². The molecule has 0 bridgehead atoms. The molecule has 0 aliphatic carbocycles. The van der Waals surface area contributed by atoms with Gasteiger partial charge in [0.1, 0.15) is 5.75 Å². The summed E-state index contributed by atoms with van der Waals surface area (Å²) in [4.78, 5) is 17.2. The Bertz CT molecular complexity index is 1080. The molecule has 0 spiro atoms. The summed E-state index contributed by atoms with van der Waals surface area (Å²) in [7, 11) is 1.58. The van der Waals surface area contributed by atoms with E-state index >= 15 is 0 Å². The number of aromatic nitrogens is 2. The second kappa shape index (κ2) is 10.6. The van der Waals surface area contributed by atoms with Crippen LogP contribution >= 0.6 is 11.6 Å². The normalized spacial score (nSPS) is 11.3. The molecule has 0 saturated carbocycles. The van der Waals surface area contributed by atoms with E-state index in [1.807, 2.05) is 0 Å². The molecule has 7 nitrogen and oxygen atoms in total. The molecule has 0 radical (unpaired) electrons. The fourth-order valence-electron chi connectivity index (χ4n) is 3.02. The van der Waals surface area contributed by atoms with Crippen molar-refractivity contribution in [3.63, 3.8) is 0 Å². The van der Waals surface area contributed by atoms with Crippen molar-refractivity contribution in [1.82, 2.24) is 14.9 Å². The molecule has 1 amide bonds. The average molecular weight is 483 g/mol. The van der Waals surface area contributed by atoms with Crippen molar-refractivity contribution in [1.29, 1.82) is 0 Å². The third kappa shape index (κ3) is 6.17. The maximum Gasteiger partial charge on any atom is 0.416 e. The van der Waals surface area contributed by atoms with Gasteiger partial charge in [-0.2, -0.15) is 18.2 Å². The molecule has 1 aromatic heterocycles. The van der Waals surface area contributed by atoms with E-state index in [4.69, 9.17) is 21.4 Å². The molecule has 0 aliphatic heterocycles. The molecule has 0 atom stereocenters. The number of nitrogens with one attached hydrogen (secondary N) is 2. The fourth-order valence-corrected chi connectivity index (χ4v) is 3.14. The van der Waals surface area contributed by atoms with E-state index in [9.17, 15) is 18.0 Å². The first kappa shape index (κ1) is 24.4. The topological polar surface area (TPSA) is 88.4 Å². The summed E-state index contributed by atoms with van der Waals surface area (Å²) in [5, 5.41) is 15.1. The zero-order valence-electron chi connectivity index (χ0n) is 17.6. The molecule has 11 heteroatoms. The number of nitrogens with zero attached hydrogens (tertiary/aromatic N) is 2. The number of carbonyl (C=O) groups excluding carboxylic acids is 1. The summed E-state index contributed by atoms with van der Waals surface area (Å²) in [6, 6.07) is 11.1. The molecule has 176 valence electrons. The minimum atomic E-state index is -4.47. The molecule has 0 aliphatic rings. The van der Waals surface area contributed by atoms with Crippen LogP contribution in [0.25, 0.3) is 0 Å². The van der Waals surface area contributed by atoms with Gasteiger partial charge in [-0.3, -0.25) is 9.36 Å². The highest BCUT2D eigenvalue weighted by Crippen LogP contribution is 2.32. The number of aliphatic hydroxyl groups is 1. The van der Waals surface area contributed by atoms with Crippen LogP contribution in [0.15, 0.2) is 48.5 Å². The van der Waals surface area contributed by atoms with Crippen LogP contribution in [0.5, 0.6) is 11.8 Å². The number of ether oxygens (including phenoxy) is 1. The standard InChI is InChI=1S/C22H22ClF3N4O3/c1-27-19-18(20(32)28-11-2-12-31)30(13-14-3-7-16(23)8-4-14)21(29-19)33-17-9-5-15(6-10-17)22(24,25)26/h3-10,27,31H,2,11-13H2,1H3,(H,28,32). The molecule has 2 aromatic carbocycles. The van der Waals surface area contributed by atoms with Crippen LogP contribution in [0.3, 0.4) is 0 Å². The molecular formula is C22H22ClF3N4O3. The minimum Gasteiger partial charge on any atom is -0.425 e. The first-order valence-corrected chi connectivity index (χ1v) is 10.4. The lowest BCUT2D eigenvalue weighted by molar-refractivity contribution is -0.137. The Morgan fingerprint density at radius 1 is 1.15 bits per heavy atom. The highest BCUT2D eigenvalue weighted by molar-refractivity contribution is 6.30. The predicted octanol–water partition coefficient (Wildman–Crippen LogP) is 4.55. The van der Waals surface area contributed by atoms with Gasteiger partial charge in [-0.15, -0.1) is 0 Å². The second-order valence-electron chi connectivity index (χ2n) is 7.01. The van der Waals surface area contributed by atoms with Gasteiger partial charge in [-0.1, -0.05) is 23.7 Å².